The van der Waals surface area contributed by atoms with Gasteiger partial charge < -0.3 is 9.47 Å². The molecule has 0 unspecified atom stereocenters. The second-order valence-corrected chi connectivity index (χ2v) is 7.38. The number of hydrogen-bond donors (Lipinski definition) is 0. The summed E-state index contributed by atoms with van der Waals surface area (Å²) in [5.41, 5.74) is 2.07. The maximum atomic E-state index is 12.6. The monoisotopic (exact) mass is 430 g/mol. The molecule has 0 aliphatic carbocycles. The van der Waals surface area contributed by atoms with Gasteiger partial charge in [-0.25, -0.2) is 0 Å². The van der Waals surface area contributed by atoms with Gasteiger partial charge in [-0.05, 0) is 47.5 Å². The summed E-state index contributed by atoms with van der Waals surface area (Å²) in [7, 11) is 0. The molecule has 0 radical (unpaired) electrons. The number of fused-ring (bicyclic) bond motifs is 1. The van der Waals surface area contributed by atoms with Crippen LogP contribution in [0.1, 0.15) is 21.5 Å². The minimum absolute atomic E-state index is 0.189. The standard InChI is InChI=1S/C22H13Cl3O3/c23-15-6-4-13(5-7-15)12-27-16-8-9-17-19(11-16)28-20(22(17)26)10-14-2-1-3-18(24)21(14)25/h1-11H,12H2/b20-10-. The molecule has 0 saturated carbocycles. The van der Waals surface area contributed by atoms with Crippen LogP contribution >= 0.6 is 34.8 Å². The van der Waals surface area contributed by atoms with Gasteiger partial charge in [-0.1, -0.05) is 59.1 Å². The van der Waals surface area contributed by atoms with Gasteiger partial charge in [-0.2, -0.15) is 0 Å². The van der Waals surface area contributed by atoms with Crippen molar-refractivity contribution in [1.29, 1.82) is 0 Å². The molecule has 140 valence electrons. The van der Waals surface area contributed by atoms with E-state index in [9.17, 15) is 4.79 Å². The minimum atomic E-state index is -0.213. The minimum Gasteiger partial charge on any atom is -0.489 e. The first-order chi connectivity index (χ1) is 13.5. The lowest BCUT2D eigenvalue weighted by molar-refractivity contribution is 0.101. The normalized spacial score (nSPS) is 14.1. The van der Waals surface area contributed by atoms with E-state index in [0.29, 0.717) is 44.3 Å². The highest BCUT2D eigenvalue weighted by atomic mass is 35.5. The van der Waals surface area contributed by atoms with Crippen LogP contribution in [0.15, 0.2) is 66.4 Å². The van der Waals surface area contributed by atoms with Crippen LogP contribution in [-0.2, 0) is 6.61 Å². The van der Waals surface area contributed by atoms with Crippen LogP contribution < -0.4 is 9.47 Å². The van der Waals surface area contributed by atoms with Crippen molar-refractivity contribution in [2.75, 3.05) is 0 Å². The predicted molar refractivity (Wildman–Crippen MR) is 112 cm³/mol. The third kappa shape index (κ3) is 3.88. The van der Waals surface area contributed by atoms with E-state index in [4.69, 9.17) is 44.3 Å². The van der Waals surface area contributed by atoms with E-state index in [2.05, 4.69) is 0 Å². The van der Waals surface area contributed by atoms with E-state index in [1.165, 1.54) is 0 Å². The Morgan fingerprint density at radius 3 is 2.54 bits per heavy atom. The number of allylic oxidation sites excluding steroid dienone is 1. The van der Waals surface area contributed by atoms with Gasteiger partial charge in [-0.15, -0.1) is 0 Å². The van der Waals surface area contributed by atoms with E-state index >= 15 is 0 Å². The Morgan fingerprint density at radius 1 is 0.964 bits per heavy atom. The number of hydrogen-bond acceptors (Lipinski definition) is 3. The summed E-state index contributed by atoms with van der Waals surface area (Å²) in [6.07, 6.45) is 1.59. The van der Waals surface area contributed by atoms with Crippen LogP contribution in [0.3, 0.4) is 0 Å². The van der Waals surface area contributed by atoms with Gasteiger partial charge in [0.05, 0.1) is 15.6 Å². The average molecular weight is 432 g/mol. The van der Waals surface area contributed by atoms with Crippen molar-refractivity contribution in [2.45, 2.75) is 6.61 Å². The van der Waals surface area contributed by atoms with Crippen LogP contribution in [0, 0.1) is 0 Å². The third-order valence-electron chi connectivity index (χ3n) is 4.23. The smallest absolute Gasteiger partial charge is 0.231 e. The topological polar surface area (TPSA) is 35.5 Å². The van der Waals surface area contributed by atoms with E-state index in [1.54, 1.807) is 42.5 Å². The number of benzene rings is 3. The molecule has 0 N–H and O–H groups in total. The lowest BCUT2D eigenvalue weighted by atomic mass is 10.1. The number of carbonyl (C=O) groups excluding carboxylic acids is 1. The summed E-state index contributed by atoms with van der Waals surface area (Å²) in [4.78, 5) is 12.6. The van der Waals surface area contributed by atoms with Gasteiger partial charge in [-0.3, -0.25) is 4.79 Å². The second kappa shape index (κ2) is 7.88. The van der Waals surface area contributed by atoms with E-state index in [1.807, 2.05) is 24.3 Å². The number of halogens is 3. The van der Waals surface area contributed by atoms with Gasteiger partial charge in [0.2, 0.25) is 5.78 Å². The van der Waals surface area contributed by atoms with E-state index in [0.717, 1.165) is 5.56 Å². The molecule has 0 spiro atoms. The van der Waals surface area contributed by atoms with Crippen molar-refractivity contribution >= 4 is 46.7 Å². The molecule has 0 aromatic heterocycles. The molecule has 4 rings (SSSR count). The van der Waals surface area contributed by atoms with Gasteiger partial charge in [0.25, 0.3) is 0 Å². The molecule has 28 heavy (non-hydrogen) atoms. The average Bonchev–Trinajstić information content (AvgIpc) is 3.00. The highest BCUT2D eigenvalue weighted by Gasteiger charge is 2.28. The number of carbonyl (C=O) groups is 1. The molecule has 3 nitrogen and oxygen atoms in total. The molecular formula is C22H13Cl3O3. The number of ether oxygens (including phenoxy) is 2. The highest BCUT2D eigenvalue weighted by molar-refractivity contribution is 6.43. The van der Waals surface area contributed by atoms with Crippen LogP contribution in [0.25, 0.3) is 6.08 Å². The van der Waals surface area contributed by atoms with Gasteiger partial charge in [0, 0.05) is 11.1 Å². The van der Waals surface area contributed by atoms with Crippen molar-refractivity contribution in [1.82, 2.24) is 0 Å². The molecule has 0 amide bonds. The largest absolute Gasteiger partial charge is 0.489 e. The second-order valence-electron chi connectivity index (χ2n) is 6.16. The molecule has 0 fully saturated rings. The Morgan fingerprint density at radius 2 is 1.75 bits per heavy atom. The number of rotatable bonds is 4. The van der Waals surface area contributed by atoms with Crippen LogP contribution in [0.2, 0.25) is 15.1 Å². The fraction of sp³-hybridized carbons (Fsp3) is 0.0455. The Kier molecular flexibility index (Phi) is 5.31. The summed E-state index contributed by atoms with van der Waals surface area (Å²) in [6, 6.07) is 17.7. The molecule has 1 aliphatic rings. The molecule has 0 atom stereocenters. The zero-order valence-corrected chi connectivity index (χ0v) is 16.7. The molecule has 6 heteroatoms. The van der Waals surface area contributed by atoms with Crippen molar-refractivity contribution in [2.24, 2.45) is 0 Å². The Hall–Kier alpha value is -2.46. The first-order valence-electron chi connectivity index (χ1n) is 8.41. The van der Waals surface area contributed by atoms with Crippen LogP contribution in [-0.4, -0.2) is 5.78 Å². The molecule has 3 aromatic rings. The predicted octanol–water partition coefficient (Wildman–Crippen LogP) is 6.84. The van der Waals surface area contributed by atoms with Gasteiger partial charge in [0.15, 0.2) is 5.76 Å². The zero-order chi connectivity index (χ0) is 19.7. The third-order valence-corrected chi connectivity index (χ3v) is 5.31. The van der Waals surface area contributed by atoms with Crippen molar-refractivity contribution in [3.05, 3.63) is 98.2 Å². The Labute approximate surface area is 177 Å². The highest BCUT2D eigenvalue weighted by Crippen LogP contribution is 2.36. The lowest BCUT2D eigenvalue weighted by Gasteiger charge is -2.07. The van der Waals surface area contributed by atoms with Gasteiger partial charge in [0.1, 0.15) is 18.1 Å². The number of Topliss-reactive ketones (excluding diaryl/α,β-unsaturated/α-hetero) is 1. The van der Waals surface area contributed by atoms with E-state index < -0.39 is 0 Å². The lowest BCUT2D eigenvalue weighted by Crippen LogP contribution is -1.98. The first-order valence-corrected chi connectivity index (χ1v) is 9.54. The number of ketones is 1. The maximum absolute atomic E-state index is 12.6. The fourth-order valence-electron chi connectivity index (χ4n) is 2.78. The Bertz CT molecular complexity index is 1090. The summed E-state index contributed by atoms with van der Waals surface area (Å²) in [6.45, 7) is 0.380. The summed E-state index contributed by atoms with van der Waals surface area (Å²) in [5.74, 6) is 1.02. The van der Waals surface area contributed by atoms with Crippen LogP contribution in [0.5, 0.6) is 11.5 Å². The summed E-state index contributed by atoms with van der Waals surface area (Å²) >= 11 is 18.1. The summed E-state index contributed by atoms with van der Waals surface area (Å²) in [5, 5.41) is 1.46. The quantitative estimate of drug-likeness (QED) is 0.424. The van der Waals surface area contributed by atoms with Crippen molar-refractivity contribution in [3.63, 3.8) is 0 Å². The molecule has 1 heterocycles. The molecule has 1 aliphatic heterocycles. The van der Waals surface area contributed by atoms with Crippen molar-refractivity contribution < 1.29 is 14.3 Å². The SMILES string of the molecule is O=C1/C(=C/c2cccc(Cl)c2Cl)Oc2cc(OCc3ccc(Cl)cc3)ccc21. The molecule has 0 bridgehead atoms. The molecular weight excluding hydrogens is 419 g/mol. The molecule has 0 saturated heterocycles. The maximum Gasteiger partial charge on any atom is 0.231 e. The van der Waals surface area contributed by atoms with Crippen molar-refractivity contribution in [3.8, 4) is 11.5 Å². The Balaban J connectivity index is 1.53. The van der Waals surface area contributed by atoms with Crippen LogP contribution in [0.4, 0.5) is 0 Å². The first kappa shape index (κ1) is 18.9. The molecule has 3 aromatic carbocycles. The summed E-state index contributed by atoms with van der Waals surface area (Å²) < 4.78 is 11.5. The fourth-order valence-corrected chi connectivity index (χ4v) is 3.27. The van der Waals surface area contributed by atoms with Gasteiger partial charge >= 0.3 is 0 Å². The van der Waals surface area contributed by atoms with E-state index in [-0.39, 0.29) is 11.5 Å². The zero-order valence-electron chi connectivity index (χ0n) is 14.4.